The molecule has 0 radical (unpaired) electrons. The fourth-order valence-electron chi connectivity index (χ4n) is 2.46. The first kappa shape index (κ1) is 12.7. The number of nitrogens with one attached hydrogen (secondary N) is 3. The average molecular weight is 272 g/mol. The first-order chi connectivity index (χ1) is 9.75. The van der Waals surface area contributed by atoms with Gasteiger partial charge in [-0.1, -0.05) is 29.5 Å². The maximum Gasteiger partial charge on any atom is 0.229 e. The second-order valence-electron chi connectivity index (χ2n) is 4.88. The Kier molecular flexibility index (Phi) is 3.42. The van der Waals surface area contributed by atoms with Crippen LogP contribution in [0.3, 0.4) is 0 Å². The van der Waals surface area contributed by atoms with Crippen molar-refractivity contribution in [1.29, 1.82) is 0 Å². The zero-order valence-corrected chi connectivity index (χ0v) is 11.1. The predicted octanol–water partition coefficient (Wildman–Crippen LogP) is 0.264. The zero-order valence-electron chi connectivity index (χ0n) is 11.1. The Labute approximate surface area is 116 Å². The number of tetrazole rings is 1. The minimum Gasteiger partial charge on any atom is -0.346 e. The summed E-state index contributed by atoms with van der Waals surface area (Å²) < 4.78 is 0. The summed E-state index contributed by atoms with van der Waals surface area (Å²) in [4.78, 5) is 12.4. The number of carbonyl (C=O) groups excluding carboxylic acids is 1. The Hall–Kier alpha value is -2.28. The first-order valence-corrected chi connectivity index (χ1v) is 6.58. The lowest BCUT2D eigenvalue weighted by atomic mass is 9.90. The molecule has 3 N–H and O–H groups in total. The van der Waals surface area contributed by atoms with Crippen LogP contribution >= 0.6 is 0 Å². The smallest absolute Gasteiger partial charge is 0.229 e. The molecule has 0 saturated carbocycles. The van der Waals surface area contributed by atoms with Crippen LogP contribution in [-0.4, -0.2) is 33.1 Å². The van der Waals surface area contributed by atoms with Crippen molar-refractivity contribution in [2.24, 2.45) is 0 Å². The maximum absolute atomic E-state index is 12.4. The monoisotopic (exact) mass is 272 g/mol. The van der Waals surface area contributed by atoms with Crippen LogP contribution in [0.1, 0.15) is 35.8 Å². The van der Waals surface area contributed by atoms with E-state index in [-0.39, 0.29) is 17.9 Å². The van der Waals surface area contributed by atoms with Crippen molar-refractivity contribution < 1.29 is 4.79 Å². The third-order valence-electron chi connectivity index (χ3n) is 3.52. The molecule has 1 amide bonds. The lowest BCUT2D eigenvalue weighted by Crippen LogP contribution is -2.40. The summed E-state index contributed by atoms with van der Waals surface area (Å²) in [7, 11) is 0. The highest BCUT2D eigenvalue weighted by molar-refractivity contribution is 5.84. The maximum atomic E-state index is 12.4. The summed E-state index contributed by atoms with van der Waals surface area (Å²) in [5, 5.41) is 19.8. The molecule has 2 atom stereocenters. The van der Waals surface area contributed by atoms with Gasteiger partial charge in [-0.15, -0.1) is 10.2 Å². The molecule has 104 valence electrons. The van der Waals surface area contributed by atoms with Crippen molar-refractivity contribution >= 4 is 5.91 Å². The number of rotatable bonds is 3. The Morgan fingerprint density at radius 1 is 1.45 bits per heavy atom. The van der Waals surface area contributed by atoms with Crippen LogP contribution in [0.2, 0.25) is 0 Å². The molecule has 0 bridgehead atoms. The number of H-pyrrole nitrogens is 1. The van der Waals surface area contributed by atoms with E-state index in [9.17, 15) is 4.79 Å². The van der Waals surface area contributed by atoms with E-state index in [4.69, 9.17) is 0 Å². The number of hydrogen-bond donors (Lipinski definition) is 3. The number of aromatic nitrogens is 4. The molecular weight excluding hydrogens is 256 g/mol. The van der Waals surface area contributed by atoms with Crippen LogP contribution < -0.4 is 10.6 Å². The van der Waals surface area contributed by atoms with Gasteiger partial charge in [-0.05, 0) is 18.1 Å². The SMILES string of the molecule is CC(NC(=O)C1CNCc2ccccc21)c1nn[nH]n1. The third-order valence-corrected chi connectivity index (χ3v) is 3.52. The number of nitrogens with zero attached hydrogens (tertiary/aromatic N) is 3. The van der Waals surface area contributed by atoms with Crippen LogP contribution in [0.15, 0.2) is 24.3 Å². The van der Waals surface area contributed by atoms with Gasteiger partial charge in [0.25, 0.3) is 0 Å². The quantitative estimate of drug-likeness (QED) is 0.745. The van der Waals surface area contributed by atoms with E-state index < -0.39 is 0 Å². The Morgan fingerprint density at radius 2 is 2.30 bits per heavy atom. The van der Waals surface area contributed by atoms with E-state index in [1.807, 2.05) is 31.2 Å². The van der Waals surface area contributed by atoms with Gasteiger partial charge in [0, 0.05) is 13.1 Å². The molecule has 0 fully saturated rings. The Bertz CT molecular complexity index is 597. The van der Waals surface area contributed by atoms with Crippen LogP contribution in [0.25, 0.3) is 0 Å². The molecule has 0 spiro atoms. The molecule has 2 aromatic rings. The topological polar surface area (TPSA) is 95.6 Å². The summed E-state index contributed by atoms with van der Waals surface area (Å²) in [6.07, 6.45) is 0. The van der Waals surface area contributed by atoms with E-state index in [1.54, 1.807) is 0 Å². The Balaban J connectivity index is 1.75. The van der Waals surface area contributed by atoms with Crippen LogP contribution in [0.5, 0.6) is 0 Å². The van der Waals surface area contributed by atoms with Gasteiger partial charge in [-0.3, -0.25) is 4.79 Å². The van der Waals surface area contributed by atoms with Crippen molar-refractivity contribution in [2.45, 2.75) is 25.4 Å². The summed E-state index contributed by atoms with van der Waals surface area (Å²) in [6, 6.07) is 7.75. The zero-order chi connectivity index (χ0) is 13.9. The molecule has 1 aliphatic heterocycles. The van der Waals surface area contributed by atoms with Crippen molar-refractivity contribution in [1.82, 2.24) is 31.3 Å². The number of aromatic amines is 1. The standard InChI is InChI=1S/C13H16N6O/c1-8(12-16-18-19-17-12)15-13(20)11-7-14-6-9-4-2-3-5-10(9)11/h2-5,8,11,14H,6-7H2,1H3,(H,15,20)(H,16,17,18,19). The van der Waals surface area contributed by atoms with Crippen LogP contribution in [0, 0.1) is 0 Å². The highest BCUT2D eigenvalue weighted by atomic mass is 16.2. The molecule has 7 heteroatoms. The molecule has 1 aromatic heterocycles. The molecule has 1 aromatic carbocycles. The summed E-state index contributed by atoms with van der Waals surface area (Å²) in [6.45, 7) is 3.28. The highest BCUT2D eigenvalue weighted by Crippen LogP contribution is 2.24. The molecule has 0 saturated heterocycles. The predicted molar refractivity (Wildman–Crippen MR) is 71.6 cm³/mol. The molecule has 0 aliphatic carbocycles. The van der Waals surface area contributed by atoms with Gasteiger partial charge < -0.3 is 10.6 Å². The first-order valence-electron chi connectivity index (χ1n) is 6.58. The third kappa shape index (κ3) is 2.39. The van der Waals surface area contributed by atoms with Gasteiger partial charge >= 0.3 is 0 Å². The van der Waals surface area contributed by atoms with Crippen LogP contribution in [0.4, 0.5) is 0 Å². The van der Waals surface area contributed by atoms with Gasteiger partial charge in [-0.25, -0.2) is 0 Å². The lowest BCUT2D eigenvalue weighted by molar-refractivity contribution is -0.123. The van der Waals surface area contributed by atoms with Gasteiger partial charge in [0.2, 0.25) is 5.91 Å². The summed E-state index contributed by atoms with van der Waals surface area (Å²) in [5.74, 6) is 0.270. The fourth-order valence-corrected chi connectivity index (χ4v) is 2.46. The normalized spacial score (nSPS) is 19.1. The van der Waals surface area contributed by atoms with E-state index in [2.05, 4.69) is 31.3 Å². The summed E-state index contributed by atoms with van der Waals surface area (Å²) in [5.41, 5.74) is 2.26. The van der Waals surface area contributed by atoms with Gasteiger partial charge in [0.1, 0.15) is 0 Å². The van der Waals surface area contributed by atoms with Crippen molar-refractivity contribution in [3.63, 3.8) is 0 Å². The molecule has 2 heterocycles. The molecule has 1 aliphatic rings. The largest absolute Gasteiger partial charge is 0.346 e. The molecule has 20 heavy (non-hydrogen) atoms. The molecule has 3 rings (SSSR count). The number of fused-ring (bicyclic) bond motifs is 1. The van der Waals surface area contributed by atoms with Gasteiger partial charge in [0.15, 0.2) is 5.82 Å². The molecule has 7 nitrogen and oxygen atoms in total. The number of carbonyl (C=O) groups is 1. The number of amides is 1. The Morgan fingerprint density at radius 3 is 3.10 bits per heavy atom. The average Bonchev–Trinajstić information content (AvgIpc) is 3.01. The van der Waals surface area contributed by atoms with E-state index in [0.717, 1.165) is 12.1 Å². The number of hydrogen-bond acceptors (Lipinski definition) is 5. The van der Waals surface area contributed by atoms with Crippen molar-refractivity contribution in [2.75, 3.05) is 6.54 Å². The second kappa shape index (κ2) is 5.38. The second-order valence-corrected chi connectivity index (χ2v) is 4.88. The van der Waals surface area contributed by atoms with Crippen LogP contribution in [-0.2, 0) is 11.3 Å². The highest BCUT2D eigenvalue weighted by Gasteiger charge is 2.27. The minimum atomic E-state index is -0.268. The van der Waals surface area contributed by atoms with Gasteiger partial charge in [0.05, 0.1) is 12.0 Å². The lowest BCUT2D eigenvalue weighted by Gasteiger charge is -2.26. The molecule has 2 unspecified atom stereocenters. The van der Waals surface area contributed by atoms with Crippen molar-refractivity contribution in [3.8, 4) is 0 Å². The summed E-state index contributed by atoms with van der Waals surface area (Å²) >= 11 is 0. The van der Waals surface area contributed by atoms with Crippen molar-refractivity contribution in [3.05, 3.63) is 41.2 Å². The minimum absolute atomic E-state index is 0.0260. The van der Waals surface area contributed by atoms with E-state index >= 15 is 0 Å². The fraction of sp³-hybridized carbons (Fsp3) is 0.385. The van der Waals surface area contributed by atoms with E-state index in [1.165, 1.54) is 5.56 Å². The molecular formula is C13H16N6O. The number of benzene rings is 1. The van der Waals surface area contributed by atoms with E-state index in [0.29, 0.717) is 12.4 Å². The van der Waals surface area contributed by atoms with Gasteiger partial charge in [-0.2, -0.15) is 5.21 Å².